The van der Waals surface area contributed by atoms with E-state index in [1.807, 2.05) is 13.0 Å². The van der Waals surface area contributed by atoms with Crippen molar-refractivity contribution in [1.82, 2.24) is 19.7 Å². The number of benzene rings is 1. The second-order valence-corrected chi connectivity index (χ2v) is 4.94. The molecule has 0 saturated carbocycles. The van der Waals surface area contributed by atoms with Crippen LogP contribution in [-0.2, 0) is 13.0 Å². The maximum atomic E-state index is 12.2. The summed E-state index contributed by atoms with van der Waals surface area (Å²) in [7, 11) is 0. The molecule has 0 atom stereocenters. The standard InChI is InChI=1S/C15H17N5O2/c1-2-10-12(13(16)20(19-10)7-8-21)14-17-11-6-4-3-5-9(11)15(22)18-14/h3-6,21H,2,7-8,16H2,1H3,(H,17,18,22). The molecule has 3 aromatic rings. The number of rotatable bonds is 4. The molecule has 7 heteroatoms. The summed E-state index contributed by atoms with van der Waals surface area (Å²) >= 11 is 0. The third kappa shape index (κ3) is 2.25. The van der Waals surface area contributed by atoms with Gasteiger partial charge in [-0.15, -0.1) is 0 Å². The zero-order chi connectivity index (χ0) is 15.7. The van der Waals surface area contributed by atoms with E-state index in [0.29, 0.717) is 41.1 Å². The summed E-state index contributed by atoms with van der Waals surface area (Å²) in [5.74, 6) is 0.798. The molecule has 0 aliphatic carbocycles. The molecule has 0 aliphatic heterocycles. The van der Waals surface area contributed by atoms with Crippen molar-refractivity contribution in [3.63, 3.8) is 0 Å². The number of hydrogen-bond donors (Lipinski definition) is 3. The Labute approximate surface area is 126 Å². The Morgan fingerprint density at radius 1 is 1.36 bits per heavy atom. The number of aliphatic hydroxyl groups excluding tert-OH is 1. The van der Waals surface area contributed by atoms with Gasteiger partial charge >= 0.3 is 0 Å². The van der Waals surface area contributed by atoms with Gasteiger partial charge in [-0.2, -0.15) is 5.10 Å². The molecule has 1 aromatic carbocycles. The summed E-state index contributed by atoms with van der Waals surface area (Å²) < 4.78 is 1.53. The van der Waals surface area contributed by atoms with Crippen molar-refractivity contribution >= 4 is 16.7 Å². The summed E-state index contributed by atoms with van der Waals surface area (Å²) in [6.45, 7) is 2.19. The van der Waals surface area contributed by atoms with E-state index < -0.39 is 0 Å². The first-order valence-electron chi connectivity index (χ1n) is 7.11. The van der Waals surface area contributed by atoms with E-state index in [-0.39, 0.29) is 12.2 Å². The summed E-state index contributed by atoms with van der Waals surface area (Å²) in [5.41, 5.74) is 7.88. The lowest BCUT2D eigenvalue weighted by molar-refractivity contribution is 0.270. The van der Waals surface area contributed by atoms with Crippen LogP contribution in [0.15, 0.2) is 29.1 Å². The second kappa shape index (κ2) is 5.61. The van der Waals surface area contributed by atoms with Crippen LogP contribution in [0.25, 0.3) is 22.3 Å². The predicted molar refractivity (Wildman–Crippen MR) is 84.5 cm³/mol. The van der Waals surface area contributed by atoms with Gasteiger partial charge in [0.25, 0.3) is 5.56 Å². The topological polar surface area (TPSA) is 110 Å². The first kappa shape index (κ1) is 14.3. The number of aromatic nitrogens is 4. The first-order chi connectivity index (χ1) is 10.7. The number of fused-ring (bicyclic) bond motifs is 1. The third-order valence-electron chi connectivity index (χ3n) is 3.56. The third-order valence-corrected chi connectivity index (χ3v) is 3.56. The van der Waals surface area contributed by atoms with Crippen LogP contribution in [0.2, 0.25) is 0 Å². The Morgan fingerprint density at radius 3 is 2.86 bits per heavy atom. The molecule has 22 heavy (non-hydrogen) atoms. The molecule has 7 nitrogen and oxygen atoms in total. The number of aryl methyl sites for hydroxylation is 1. The van der Waals surface area contributed by atoms with E-state index in [4.69, 9.17) is 10.8 Å². The normalized spacial score (nSPS) is 11.2. The minimum Gasteiger partial charge on any atom is -0.394 e. The second-order valence-electron chi connectivity index (χ2n) is 4.94. The fourth-order valence-electron chi connectivity index (χ4n) is 2.50. The molecule has 0 amide bonds. The summed E-state index contributed by atoms with van der Waals surface area (Å²) in [5, 5.41) is 14.0. The molecule has 0 fully saturated rings. The van der Waals surface area contributed by atoms with Crippen molar-refractivity contribution in [2.75, 3.05) is 12.3 Å². The largest absolute Gasteiger partial charge is 0.394 e. The van der Waals surface area contributed by atoms with E-state index in [0.717, 1.165) is 5.69 Å². The minimum absolute atomic E-state index is 0.0594. The highest BCUT2D eigenvalue weighted by Gasteiger charge is 2.18. The number of aromatic amines is 1. The molecule has 4 N–H and O–H groups in total. The molecule has 2 heterocycles. The number of nitrogen functional groups attached to an aromatic ring is 1. The number of nitrogens with zero attached hydrogens (tertiary/aromatic N) is 3. The molecule has 0 spiro atoms. The summed E-state index contributed by atoms with van der Waals surface area (Å²) in [4.78, 5) is 19.5. The number of aliphatic hydroxyl groups is 1. The molecule has 114 valence electrons. The van der Waals surface area contributed by atoms with Gasteiger partial charge in [-0.1, -0.05) is 19.1 Å². The van der Waals surface area contributed by atoms with Gasteiger partial charge in [0, 0.05) is 0 Å². The molecule has 0 saturated heterocycles. The Morgan fingerprint density at radius 2 is 2.14 bits per heavy atom. The smallest absolute Gasteiger partial charge is 0.259 e. The molecule has 0 bridgehead atoms. The van der Waals surface area contributed by atoms with Gasteiger partial charge in [0.15, 0.2) is 0 Å². The maximum Gasteiger partial charge on any atom is 0.259 e. The number of H-pyrrole nitrogens is 1. The van der Waals surface area contributed by atoms with Gasteiger partial charge < -0.3 is 15.8 Å². The Bertz CT molecular complexity index is 881. The van der Waals surface area contributed by atoms with E-state index in [1.54, 1.807) is 18.2 Å². The zero-order valence-electron chi connectivity index (χ0n) is 12.2. The first-order valence-corrected chi connectivity index (χ1v) is 7.11. The molecule has 0 aliphatic rings. The lowest BCUT2D eigenvalue weighted by Crippen LogP contribution is -2.11. The van der Waals surface area contributed by atoms with Crippen molar-refractivity contribution < 1.29 is 5.11 Å². The lowest BCUT2D eigenvalue weighted by Gasteiger charge is -2.05. The van der Waals surface area contributed by atoms with Gasteiger partial charge in [-0.25, -0.2) is 9.67 Å². The summed E-state index contributed by atoms with van der Waals surface area (Å²) in [6, 6.07) is 7.14. The van der Waals surface area contributed by atoms with Gasteiger partial charge in [-0.3, -0.25) is 4.79 Å². The van der Waals surface area contributed by atoms with Crippen molar-refractivity contribution in [2.24, 2.45) is 0 Å². The van der Waals surface area contributed by atoms with E-state index in [9.17, 15) is 4.79 Å². The zero-order valence-corrected chi connectivity index (χ0v) is 12.2. The van der Waals surface area contributed by atoms with Crippen molar-refractivity contribution in [1.29, 1.82) is 0 Å². The highest BCUT2D eigenvalue weighted by molar-refractivity contribution is 5.81. The average Bonchev–Trinajstić information content (AvgIpc) is 2.84. The van der Waals surface area contributed by atoms with E-state index in [2.05, 4.69) is 15.1 Å². The van der Waals surface area contributed by atoms with Gasteiger partial charge in [-0.05, 0) is 18.6 Å². The van der Waals surface area contributed by atoms with Gasteiger partial charge in [0.2, 0.25) is 0 Å². The van der Waals surface area contributed by atoms with Crippen LogP contribution in [-0.4, -0.2) is 31.5 Å². The highest BCUT2D eigenvalue weighted by Crippen LogP contribution is 2.27. The monoisotopic (exact) mass is 299 g/mol. The number of nitrogens with two attached hydrogens (primary N) is 1. The molecule has 0 unspecified atom stereocenters. The maximum absolute atomic E-state index is 12.2. The average molecular weight is 299 g/mol. The highest BCUT2D eigenvalue weighted by atomic mass is 16.3. The quantitative estimate of drug-likeness (QED) is 0.663. The van der Waals surface area contributed by atoms with Crippen LogP contribution in [0, 0.1) is 0 Å². The van der Waals surface area contributed by atoms with Gasteiger partial charge in [0.05, 0.1) is 35.3 Å². The van der Waals surface area contributed by atoms with Crippen molar-refractivity contribution in [3.05, 3.63) is 40.3 Å². The molecule has 3 rings (SSSR count). The Hall–Kier alpha value is -2.67. The fourth-order valence-corrected chi connectivity index (χ4v) is 2.50. The van der Waals surface area contributed by atoms with Crippen LogP contribution >= 0.6 is 0 Å². The van der Waals surface area contributed by atoms with Gasteiger partial charge in [0.1, 0.15) is 11.6 Å². The molecular weight excluding hydrogens is 282 g/mol. The SMILES string of the molecule is CCc1nn(CCO)c(N)c1-c1nc2ccccc2c(=O)[nH]1. The van der Waals surface area contributed by atoms with E-state index >= 15 is 0 Å². The van der Waals surface area contributed by atoms with Crippen LogP contribution in [0.1, 0.15) is 12.6 Å². The van der Waals surface area contributed by atoms with Crippen LogP contribution in [0.3, 0.4) is 0 Å². The van der Waals surface area contributed by atoms with E-state index in [1.165, 1.54) is 4.68 Å². The molecule has 0 radical (unpaired) electrons. The van der Waals surface area contributed by atoms with Crippen molar-refractivity contribution in [3.8, 4) is 11.4 Å². The predicted octanol–water partition coefficient (Wildman–Crippen LogP) is 0.924. The Balaban J connectivity index is 2.25. The number of anilines is 1. The lowest BCUT2D eigenvalue weighted by atomic mass is 10.1. The van der Waals surface area contributed by atoms with Crippen LogP contribution in [0.4, 0.5) is 5.82 Å². The number of hydrogen-bond acceptors (Lipinski definition) is 5. The number of nitrogens with one attached hydrogen (secondary N) is 1. The fraction of sp³-hybridized carbons (Fsp3) is 0.267. The van der Waals surface area contributed by atoms with Crippen LogP contribution in [0.5, 0.6) is 0 Å². The van der Waals surface area contributed by atoms with Crippen molar-refractivity contribution in [2.45, 2.75) is 19.9 Å². The minimum atomic E-state index is -0.211. The molecular formula is C15H17N5O2. The summed E-state index contributed by atoms with van der Waals surface area (Å²) in [6.07, 6.45) is 0.647. The van der Waals surface area contributed by atoms with Crippen LogP contribution < -0.4 is 11.3 Å². The molecule has 2 aromatic heterocycles. The number of para-hydroxylation sites is 1. The Kier molecular flexibility index (Phi) is 3.64.